The van der Waals surface area contributed by atoms with Crippen molar-refractivity contribution in [3.8, 4) is 11.5 Å². The molecule has 2 aromatic carbocycles. The van der Waals surface area contributed by atoms with E-state index in [0.717, 1.165) is 5.52 Å². The minimum atomic E-state index is -0.817. The summed E-state index contributed by atoms with van der Waals surface area (Å²) in [6.45, 7) is 1.59. The Balaban J connectivity index is 1.94. The number of anilines is 1. The van der Waals surface area contributed by atoms with Crippen LogP contribution in [0.25, 0.3) is 11.0 Å². The fourth-order valence-electron chi connectivity index (χ4n) is 2.56. The van der Waals surface area contributed by atoms with Gasteiger partial charge in [-0.25, -0.2) is 0 Å². The molecule has 1 aromatic heterocycles. The van der Waals surface area contributed by atoms with Crippen LogP contribution in [0.1, 0.15) is 28.9 Å². The molecule has 8 nitrogen and oxygen atoms in total. The molecule has 0 fully saturated rings. The van der Waals surface area contributed by atoms with Crippen molar-refractivity contribution < 1.29 is 19.4 Å². The van der Waals surface area contributed by atoms with E-state index in [0.29, 0.717) is 33.8 Å². The summed E-state index contributed by atoms with van der Waals surface area (Å²) in [5.74, 6) is 0.432. The molecule has 25 heavy (non-hydrogen) atoms. The van der Waals surface area contributed by atoms with Crippen LogP contribution in [0.2, 0.25) is 0 Å². The summed E-state index contributed by atoms with van der Waals surface area (Å²) >= 11 is 0. The molecule has 8 heteroatoms. The maximum Gasteiger partial charge on any atom is 0.255 e. The van der Waals surface area contributed by atoms with E-state index in [2.05, 4.69) is 20.7 Å². The maximum atomic E-state index is 12.6. The van der Waals surface area contributed by atoms with Crippen LogP contribution >= 0.6 is 0 Å². The summed E-state index contributed by atoms with van der Waals surface area (Å²) in [5, 5.41) is 23.1. The largest absolute Gasteiger partial charge is 0.493 e. The van der Waals surface area contributed by atoms with Crippen molar-refractivity contribution in [1.29, 1.82) is 0 Å². The normalized spacial score (nSPS) is 12.0. The van der Waals surface area contributed by atoms with Crippen molar-refractivity contribution in [1.82, 2.24) is 15.4 Å². The third kappa shape index (κ3) is 3.24. The molecule has 3 rings (SSSR count). The summed E-state index contributed by atoms with van der Waals surface area (Å²) in [6, 6.07) is 8.38. The van der Waals surface area contributed by atoms with E-state index in [-0.39, 0.29) is 5.91 Å². The first-order valence-corrected chi connectivity index (χ1v) is 7.59. The van der Waals surface area contributed by atoms with Crippen molar-refractivity contribution in [2.45, 2.75) is 13.0 Å². The van der Waals surface area contributed by atoms with Crippen LogP contribution < -0.4 is 14.8 Å². The van der Waals surface area contributed by atoms with Gasteiger partial charge in [-0.1, -0.05) is 5.21 Å². The van der Waals surface area contributed by atoms with Crippen LogP contribution in [-0.2, 0) is 0 Å². The van der Waals surface area contributed by atoms with Gasteiger partial charge in [-0.3, -0.25) is 9.89 Å². The monoisotopic (exact) mass is 342 g/mol. The predicted octanol–water partition coefficient (Wildman–Crippen LogP) is 2.28. The Morgan fingerprint density at radius 1 is 1.24 bits per heavy atom. The highest BCUT2D eigenvalue weighted by molar-refractivity contribution is 6.05. The number of aromatic nitrogens is 3. The van der Waals surface area contributed by atoms with Gasteiger partial charge in [-0.15, -0.1) is 5.10 Å². The molecular weight excluding hydrogens is 324 g/mol. The molecule has 3 aromatic rings. The van der Waals surface area contributed by atoms with Crippen LogP contribution in [0.15, 0.2) is 30.3 Å². The summed E-state index contributed by atoms with van der Waals surface area (Å²) in [5.41, 5.74) is 2.82. The van der Waals surface area contributed by atoms with Gasteiger partial charge in [0.05, 0.1) is 25.8 Å². The minimum Gasteiger partial charge on any atom is -0.493 e. The van der Waals surface area contributed by atoms with E-state index < -0.39 is 6.10 Å². The van der Waals surface area contributed by atoms with Gasteiger partial charge in [0.2, 0.25) is 0 Å². The van der Waals surface area contributed by atoms with Crippen LogP contribution in [0.5, 0.6) is 11.5 Å². The van der Waals surface area contributed by atoms with E-state index in [4.69, 9.17) is 9.47 Å². The predicted molar refractivity (Wildman–Crippen MR) is 92.0 cm³/mol. The molecule has 1 amide bonds. The number of H-pyrrole nitrogens is 1. The lowest BCUT2D eigenvalue weighted by atomic mass is 10.0. The van der Waals surface area contributed by atoms with Crippen LogP contribution in [0.4, 0.5) is 5.69 Å². The second-order valence-electron chi connectivity index (χ2n) is 5.47. The van der Waals surface area contributed by atoms with Gasteiger partial charge in [0.15, 0.2) is 11.5 Å². The molecule has 0 radical (unpaired) electrons. The molecule has 1 unspecified atom stereocenters. The molecule has 0 spiro atoms. The summed E-state index contributed by atoms with van der Waals surface area (Å²) in [4.78, 5) is 12.6. The van der Waals surface area contributed by atoms with Crippen LogP contribution in [0, 0.1) is 0 Å². The molecule has 0 saturated heterocycles. The van der Waals surface area contributed by atoms with Gasteiger partial charge in [-0.05, 0) is 37.3 Å². The molecule has 0 aliphatic heterocycles. The van der Waals surface area contributed by atoms with E-state index in [1.54, 1.807) is 37.3 Å². The van der Waals surface area contributed by atoms with Crippen molar-refractivity contribution in [3.63, 3.8) is 0 Å². The van der Waals surface area contributed by atoms with Gasteiger partial charge >= 0.3 is 0 Å². The van der Waals surface area contributed by atoms with Crippen molar-refractivity contribution >= 4 is 22.6 Å². The van der Waals surface area contributed by atoms with Crippen molar-refractivity contribution in [2.24, 2.45) is 0 Å². The van der Waals surface area contributed by atoms with Gasteiger partial charge in [-0.2, -0.15) is 0 Å². The van der Waals surface area contributed by atoms with Gasteiger partial charge < -0.3 is 19.9 Å². The average Bonchev–Trinajstić information content (AvgIpc) is 3.07. The Bertz CT molecular complexity index is 920. The van der Waals surface area contributed by atoms with Crippen molar-refractivity contribution in [3.05, 3.63) is 41.5 Å². The Kier molecular flexibility index (Phi) is 4.53. The zero-order valence-corrected chi connectivity index (χ0v) is 14.0. The average molecular weight is 342 g/mol. The Morgan fingerprint density at radius 3 is 2.72 bits per heavy atom. The van der Waals surface area contributed by atoms with E-state index in [1.165, 1.54) is 14.2 Å². The van der Waals surface area contributed by atoms with Gasteiger partial charge in [0.25, 0.3) is 5.91 Å². The molecule has 130 valence electrons. The first-order valence-electron chi connectivity index (χ1n) is 7.59. The highest BCUT2D eigenvalue weighted by Gasteiger charge is 2.19. The second-order valence-corrected chi connectivity index (χ2v) is 5.47. The number of aliphatic hydroxyl groups excluding tert-OH is 1. The van der Waals surface area contributed by atoms with E-state index >= 15 is 0 Å². The number of rotatable bonds is 5. The number of ether oxygens (including phenoxy) is 2. The molecule has 0 bridgehead atoms. The third-order valence-corrected chi connectivity index (χ3v) is 3.80. The number of aliphatic hydroxyl groups is 1. The maximum absolute atomic E-state index is 12.6. The number of methoxy groups -OCH3 is 2. The Morgan fingerprint density at radius 2 is 2.04 bits per heavy atom. The van der Waals surface area contributed by atoms with E-state index in [9.17, 15) is 9.90 Å². The molecule has 1 heterocycles. The lowest BCUT2D eigenvalue weighted by Crippen LogP contribution is -2.13. The number of amides is 1. The summed E-state index contributed by atoms with van der Waals surface area (Å²) in [6.07, 6.45) is -0.817. The molecule has 0 aliphatic rings. The summed E-state index contributed by atoms with van der Waals surface area (Å²) in [7, 11) is 2.96. The van der Waals surface area contributed by atoms with Gasteiger partial charge in [0.1, 0.15) is 5.52 Å². The fraction of sp³-hybridized carbons (Fsp3) is 0.235. The van der Waals surface area contributed by atoms with Crippen LogP contribution in [0.3, 0.4) is 0 Å². The number of fused-ring (bicyclic) bond motifs is 1. The lowest BCUT2D eigenvalue weighted by molar-refractivity contribution is 0.102. The highest BCUT2D eigenvalue weighted by atomic mass is 16.5. The Hall–Kier alpha value is -3.13. The number of hydrogen-bond donors (Lipinski definition) is 3. The number of hydrogen-bond acceptors (Lipinski definition) is 6. The third-order valence-electron chi connectivity index (χ3n) is 3.80. The molecule has 0 aliphatic carbocycles. The van der Waals surface area contributed by atoms with Crippen molar-refractivity contribution in [2.75, 3.05) is 19.5 Å². The SMILES string of the molecule is COc1cc(C(=O)Nc2ccc3[nH]nnc3c2)cc(C(C)O)c1OC. The number of aromatic amines is 1. The highest BCUT2D eigenvalue weighted by Crippen LogP contribution is 2.36. The number of carbonyl (C=O) groups excluding carboxylic acids is 1. The zero-order chi connectivity index (χ0) is 18.0. The molecular formula is C17H18N4O4. The van der Waals surface area contributed by atoms with E-state index in [1.807, 2.05) is 0 Å². The number of benzene rings is 2. The quantitative estimate of drug-likeness (QED) is 0.656. The molecule has 3 N–H and O–H groups in total. The topological polar surface area (TPSA) is 109 Å². The minimum absolute atomic E-state index is 0.341. The number of nitrogens with one attached hydrogen (secondary N) is 2. The number of carbonyl (C=O) groups is 1. The first-order chi connectivity index (χ1) is 12.0. The van der Waals surface area contributed by atoms with Crippen LogP contribution in [-0.4, -0.2) is 40.6 Å². The smallest absolute Gasteiger partial charge is 0.255 e. The first kappa shape index (κ1) is 16.7. The Labute approximate surface area is 143 Å². The number of nitrogens with zero attached hydrogens (tertiary/aromatic N) is 2. The fourth-order valence-corrected chi connectivity index (χ4v) is 2.56. The zero-order valence-electron chi connectivity index (χ0n) is 14.0. The molecule has 1 atom stereocenters. The standard InChI is InChI=1S/C17H18N4O4/c1-9(22)12-6-10(7-15(24-2)16(12)25-3)17(23)18-11-4-5-13-14(8-11)20-21-19-13/h4-9,22H,1-3H3,(H,18,23)(H,19,20,21). The second kappa shape index (κ2) is 6.78. The lowest BCUT2D eigenvalue weighted by Gasteiger charge is -2.16. The van der Waals surface area contributed by atoms with Gasteiger partial charge in [0, 0.05) is 16.8 Å². The molecule has 0 saturated carbocycles. The summed E-state index contributed by atoms with van der Waals surface area (Å²) < 4.78 is 10.6.